The fraction of sp³-hybridized carbons (Fsp3) is 0.591. The van der Waals surface area contributed by atoms with Gasteiger partial charge in [-0.25, -0.2) is 19.2 Å². The van der Waals surface area contributed by atoms with Crippen LogP contribution in [0.4, 0.5) is 0 Å². The number of nitrogens with two attached hydrogens (primary N) is 1. The van der Waals surface area contributed by atoms with Crippen molar-refractivity contribution in [1.82, 2.24) is 21.3 Å². The zero-order valence-corrected chi connectivity index (χ0v) is 21.5. The lowest BCUT2D eigenvalue weighted by Gasteiger charge is -2.18. The lowest BCUT2D eigenvalue weighted by molar-refractivity contribution is -0.144. The summed E-state index contributed by atoms with van der Waals surface area (Å²) in [5.41, 5.74) is 4.95. The van der Waals surface area contributed by atoms with E-state index < -0.39 is 110 Å². The molecule has 0 radical (unpaired) electrons. The molecule has 4 unspecified atom stereocenters. The highest BCUT2D eigenvalue weighted by molar-refractivity contribution is 5.88. The Kier molecular flexibility index (Phi) is 15.6. The average molecular weight is 576 g/mol. The summed E-state index contributed by atoms with van der Waals surface area (Å²) < 4.78 is 0. The van der Waals surface area contributed by atoms with Gasteiger partial charge in [0.2, 0.25) is 29.5 Å². The molecule has 18 nitrogen and oxygen atoms in total. The molecule has 0 aliphatic carbocycles. The summed E-state index contributed by atoms with van der Waals surface area (Å²) in [7, 11) is 0. The number of amides is 5. The van der Waals surface area contributed by atoms with E-state index in [0.29, 0.717) is 0 Å². The molecule has 0 rings (SSSR count). The van der Waals surface area contributed by atoms with Gasteiger partial charge in [0, 0.05) is 32.6 Å². The van der Waals surface area contributed by atoms with Gasteiger partial charge in [-0.05, 0) is 25.7 Å². The third-order valence-corrected chi connectivity index (χ3v) is 5.24. The molecule has 5 amide bonds. The van der Waals surface area contributed by atoms with E-state index in [-0.39, 0.29) is 19.3 Å². The molecule has 0 fully saturated rings. The van der Waals surface area contributed by atoms with Gasteiger partial charge in [-0.15, -0.1) is 0 Å². The number of rotatable bonds is 20. The van der Waals surface area contributed by atoms with Crippen LogP contribution >= 0.6 is 0 Å². The molecule has 10 N–H and O–H groups in total. The van der Waals surface area contributed by atoms with E-state index in [4.69, 9.17) is 15.9 Å². The summed E-state index contributed by atoms with van der Waals surface area (Å²) >= 11 is 0. The van der Waals surface area contributed by atoms with E-state index in [9.17, 15) is 53.4 Å². The van der Waals surface area contributed by atoms with Crippen LogP contribution in [-0.2, 0) is 43.2 Å². The number of primary amides is 1. The second-order valence-corrected chi connectivity index (χ2v) is 8.59. The molecule has 0 aliphatic rings. The van der Waals surface area contributed by atoms with E-state index in [1.165, 1.54) is 0 Å². The number of nitrogens with one attached hydrogen (secondary N) is 4. The largest absolute Gasteiger partial charge is 0.480 e. The predicted octanol–water partition coefficient (Wildman–Crippen LogP) is -3.11. The van der Waals surface area contributed by atoms with E-state index in [0.717, 1.165) is 6.92 Å². The fourth-order valence-electron chi connectivity index (χ4n) is 3.19. The normalized spacial score (nSPS) is 13.4. The van der Waals surface area contributed by atoms with E-state index in [2.05, 4.69) is 21.3 Å². The summed E-state index contributed by atoms with van der Waals surface area (Å²) in [5.74, 6) is -9.97. The Morgan fingerprint density at radius 2 is 0.750 bits per heavy atom. The smallest absolute Gasteiger partial charge is 0.326 e. The highest BCUT2D eigenvalue weighted by Crippen LogP contribution is 2.06. The van der Waals surface area contributed by atoms with Crippen molar-refractivity contribution in [3.05, 3.63) is 0 Å². The maximum Gasteiger partial charge on any atom is 0.326 e. The van der Waals surface area contributed by atoms with Crippen LogP contribution in [0.25, 0.3) is 0 Å². The molecule has 0 saturated heterocycles. The van der Waals surface area contributed by atoms with E-state index >= 15 is 0 Å². The van der Waals surface area contributed by atoms with Gasteiger partial charge in [0.25, 0.3) is 0 Å². The molecule has 0 aromatic rings. The molecule has 0 heterocycles. The highest BCUT2D eigenvalue weighted by Gasteiger charge is 2.27. The van der Waals surface area contributed by atoms with Crippen molar-refractivity contribution in [1.29, 1.82) is 0 Å². The van der Waals surface area contributed by atoms with Crippen LogP contribution in [0.5, 0.6) is 0 Å². The van der Waals surface area contributed by atoms with Crippen LogP contribution < -0.4 is 27.0 Å². The quantitative estimate of drug-likeness (QED) is 0.0695. The molecule has 4 atom stereocenters. The van der Waals surface area contributed by atoms with Crippen LogP contribution in [0.1, 0.15) is 58.3 Å². The average Bonchev–Trinajstić information content (AvgIpc) is 2.83. The van der Waals surface area contributed by atoms with Gasteiger partial charge in [0.05, 0.1) is 0 Å². The Balaban J connectivity index is 4.86. The zero-order chi connectivity index (χ0) is 31.0. The first-order valence-electron chi connectivity index (χ1n) is 11.9. The minimum Gasteiger partial charge on any atom is -0.480 e. The molecule has 224 valence electrons. The Morgan fingerprint density at radius 1 is 0.500 bits per heavy atom. The van der Waals surface area contributed by atoms with Gasteiger partial charge in [-0.2, -0.15) is 0 Å². The topological polar surface area (TPSA) is 309 Å². The van der Waals surface area contributed by atoms with Crippen LogP contribution in [0.15, 0.2) is 0 Å². The second-order valence-electron chi connectivity index (χ2n) is 8.59. The summed E-state index contributed by atoms with van der Waals surface area (Å²) in [6.07, 6.45) is -3.37. The van der Waals surface area contributed by atoms with Gasteiger partial charge in [-0.1, -0.05) is 0 Å². The molecular weight excluding hydrogens is 542 g/mol. The maximum absolute atomic E-state index is 12.2. The molecule has 0 saturated carbocycles. The van der Waals surface area contributed by atoms with Gasteiger partial charge in [0.1, 0.15) is 24.2 Å². The van der Waals surface area contributed by atoms with E-state index in [1.54, 1.807) is 0 Å². The van der Waals surface area contributed by atoms with Gasteiger partial charge in [-0.3, -0.25) is 24.0 Å². The van der Waals surface area contributed by atoms with Gasteiger partial charge < -0.3 is 47.4 Å². The summed E-state index contributed by atoms with van der Waals surface area (Å²) in [6.45, 7) is 1.08. The Hall–Kier alpha value is -4.77. The Labute approximate surface area is 227 Å². The molecule has 0 aliphatic heterocycles. The van der Waals surface area contributed by atoms with Crippen LogP contribution in [0, 0.1) is 0 Å². The summed E-state index contributed by atoms with van der Waals surface area (Å²) in [5, 5.41) is 45.2. The first-order valence-corrected chi connectivity index (χ1v) is 11.9. The standard InChI is InChI=1S/C22H33N5O13/c1-10(28)24-11(19(33)34)3-7-16(30)26-13(21(37)38)5-9-18(32)27-14(22(39)40)4-8-17(31)25-12(20(35)36)2-6-15(23)29/h11-14H,2-9H2,1H3,(H2,23,29)(H,24,28)(H,25,31)(H,26,30)(H,27,32)(H,33,34)(H,35,36)(H,37,38)(H,39,40). The highest BCUT2D eigenvalue weighted by atomic mass is 16.4. The van der Waals surface area contributed by atoms with Crippen molar-refractivity contribution in [3.63, 3.8) is 0 Å². The number of carbonyl (C=O) groups excluding carboxylic acids is 5. The van der Waals surface area contributed by atoms with Gasteiger partial charge in [0.15, 0.2) is 0 Å². The molecule has 0 bridgehead atoms. The monoisotopic (exact) mass is 575 g/mol. The molecule has 0 aromatic carbocycles. The lowest BCUT2D eigenvalue weighted by Crippen LogP contribution is -2.45. The van der Waals surface area contributed by atoms with Gasteiger partial charge >= 0.3 is 23.9 Å². The fourth-order valence-corrected chi connectivity index (χ4v) is 3.19. The first-order chi connectivity index (χ1) is 18.5. The molecule has 0 aromatic heterocycles. The van der Waals surface area contributed by atoms with Crippen molar-refractivity contribution in [2.24, 2.45) is 5.73 Å². The van der Waals surface area contributed by atoms with Crippen molar-refractivity contribution < 1.29 is 63.6 Å². The maximum atomic E-state index is 12.2. The Bertz CT molecular complexity index is 1000. The van der Waals surface area contributed by atoms with Crippen molar-refractivity contribution in [2.75, 3.05) is 0 Å². The number of carbonyl (C=O) groups is 9. The number of hydrogen-bond donors (Lipinski definition) is 9. The summed E-state index contributed by atoms with van der Waals surface area (Å²) in [6, 6.07) is -5.99. The third-order valence-electron chi connectivity index (χ3n) is 5.24. The number of hydrogen-bond acceptors (Lipinski definition) is 9. The van der Waals surface area contributed by atoms with Crippen molar-refractivity contribution in [2.45, 2.75) is 82.5 Å². The third kappa shape index (κ3) is 15.5. The van der Waals surface area contributed by atoms with Crippen LogP contribution in [-0.4, -0.2) is 98.0 Å². The molecule has 0 spiro atoms. The van der Waals surface area contributed by atoms with Crippen LogP contribution in [0.3, 0.4) is 0 Å². The number of carboxylic acids is 4. The predicted molar refractivity (Wildman–Crippen MR) is 130 cm³/mol. The zero-order valence-electron chi connectivity index (χ0n) is 21.5. The minimum atomic E-state index is -1.59. The minimum absolute atomic E-state index is 0.285. The Morgan fingerprint density at radius 3 is 0.975 bits per heavy atom. The molecule has 40 heavy (non-hydrogen) atoms. The first kappa shape index (κ1) is 35.2. The van der Waals surface area contributed by atoms with Crippen molar-refractivity contribution >= 4 is 53.4 Å². The van der Waals surface area contributed by atoms with E-state index in [1.807, 2.05) is 0 Å². The molecule has 18 heteroatoms. The number of aliphatic carboxylic acids is 4. The van der Waals surface area contributed by atoms with Crippen LogP contribution in [0.2, 0.25) is 0 Å². The second kappa shape index (κ2) is 17.7. The SMILES string of the molecule is CC(=O)NC(CCC(=O)NC(CCC(=O)NC(CCC(=O)NC(CCC(N)=O)C(=O)O)C(=O)O)C(=O)O)C(=O)O. The van der Waals surface area contributed by atoms with Crippen molar-refractivity contribution in [3.8, 4) is 0 Å². The summed E-state index contributed by atoms with van der Waals surface area (Å²) in [4.78, 5) is 103. The number of carboxylic acid groups (broad SMARTS) is 4. The lowest BCUT2D eigenvalue weighted by atomic mass is 10.1. The molecular formula is C22H33N5O13.